The highest BCUT2D eigenvalue weighted by molar-refractivity contribution is 5.72. The van der Waals surface area contributed by atoms with Gasteiger partial charge in [-0.2, -0.15) is 0 Å². The first-order chi connectivity index (χ1) is 12.7. The quantitative estimate of drug-likeness (QED) is 0.798. The van der Waals surface area contributed by atoms with E-state index in [4.69, 9.17) is 14.2 Å². The Balaban J connectivity index is 1.29. The van der Waals surface area contributed by atoms with Crippen molar-refractivity contribution in [3.63, 3.8) is 0 Å². The number of hydrogen-bond acceptors (Lipinski definition) is 5. The Morgan fingerprint density at radius 2 is 1.81 bits per heavy atom. The molecule has 6 nitrogen and oxygen atoms in total. The first-order valence-corrected chi connectivity index (χ1v) is 8.72. The number of nitrogens with zero attached hydrogens (tertiary/aromatic N) is 2. The van der Waals surface area contributed by atoms with Gasteiger partial charge in [0.1, 0.15) is 18.1 Å². The molecular formula is C20H22N2O4. The van der Waals surface area contributed by atoms with Crippen LogP contribution in [0.1, 0.15) is 0 Å². The number of ether oxygens (including phenoxy) is 3. The summed E-state index contributed by atoms with van der Waals surface area (Å²) in [6.45, 7) is 2.97. The van der Waals surface area contributed by atoms with Crippen LogP contribution in [-0.4, -0.2) is 56.5 Å². The number of rotatable bonds is 6. The van der Waals surface area contributed by atoms with Gasteiger partial charge in [-0.3, -0.25) is 0 Å². The highest BCUT2D eigenvalue weighted by Crippen LogP contribution is 2.36. The summed E-state index contributed by atoms with van der Waals surface area (Å²) >= 11 is 0. The smallest absolute Gasteiger partial charge is 0.410 e. The van der Waals surface area contributed by atoms with Gasteiger partial charge in [0.2, 0.25) is 0 Å². The fraction of sp³-hybridized carbons (Fsp3) is 0.350. The van der Waals surface area contributed by atoms with Crippen molar-refractivity contribution >= 4 is 11.8 Å². The predicted molar refractivity (Wildman–Crippen MR) is 97.9 cm³/mol. The van der Waals surface area contributed by atoms with Crippen molar-refractivity contribution in [3.05, 3.63) is 54.6 Å². The maximum absolute atomic E-state index is 12.2. The zero-order valence-corrected chi connectivity index (χ0v) is 14.8. The van der Waals surface area contributed by atoms with E-state index in [1.165, 1.54) is 0 Å². The van der Waals surface area contributed by atoms with Crippen molar-refractivity contribution in [3.8, 4) is 11.5 Å². The zero-order chi connectivity index (χ0) is 18.0. The molecule has 2 fully saturated rings. The molecule has 0 N–H and O–H groups in total. The molecule has 1 amide bonds. The van der Waals surface area contributed by atoms with Crippen LogP contribution in [0, 0.1) is 0 Å². The Morgan fingerprint density at radius 1 is 1.04 bits per heavy atom. The number of amides is 1. The molecule has 0 atom stereocenters. The molecule has 2 aliphatic rings. The van der Waals surface area contributed by atoms with Crippen LogP contribution < -0.4 is 14.4 Å². The van der Waals surface area contributed by atoms with Gasteiger partial charge in [-0.15, -0.1) is 0 Å². The molecule has 0 saturated carbocycles. The number of para-hydroxylation sites is 1. The molecule has 2 heterocycles. The van der Waals surface area contributed by atoms with Gasteiger partial charge in [0.25, 0.3) is 0 Å². The molecule has 0 unspecified atom stereocenters. The van der Waals surface area contributed by atoms with Crippen LogP contribution in [0.15, 0.2) is 54.6 Å². The van der Waals surface area contributed by atoms with E-state index in [1.54, 1.807) is 12.0 Å². The summed E-state index contributed by atoms with van der Waals surface area (Å²) in [5.41, 5.74) is 0.671. The van der Waals surface area contributed by atoms with Crippen molar-refractivity contribution < 1.29 is 19.0 Å². The SMILES string of the molecule is COc1cccc(N2CC3(CN(CCOc4ccccc4)C(=O)O3)C2)c1. The molecule has 136 valence electrons. The Bertz CT molecular complexity index is 774. The highest BCUT2D eigenvalue weighted by Gasteiger charge is 2.53. The van der Waals surface area contributed by atoms with Crippen LogP contribution in [0.3, 0.4) is 0 Å². The number of anilines is 1. The van der Waals surface area contributed by atoms with E-state index in [0.29, 0.717) is 32.8 Å². The topological polar surface area (TPSA) is 51.2 Å². The lowest BCUT2D eigenvalue weighted by molar-refractivity contribution is 0.0332. The van der Waals surface area contributed by atoms with Gasteiger partial charge < -0.3 is 24.0 Å². The van der Waals surface area contributed by atoms with Crippen molar-refractivity contribution in [1.29, 1.82) is 0 Å². The third-order valence-corrected chi connectivity index (χ3v) is 4.79. The monoisotopic (exact) mass is 354 g/mol. The Labute approximate surface area is 152 Å². The van der Waals surface area contributed by atoms with E-state index >= 15 is 0 Å². The zero-order valence-electron chi connectivity index (χ0n) is 14.8. The second-order valence-corrected chi connectivity index (χ2v) is 6.69. The molecule has 6 heteroatoms. The van der Waals surface area contributed by atoms with Crippen LogP contribution in [0.5, 0.6) is 11.5 Å². The summed E-state index contributed by atoms with van der Waals surface area (Å²) in [5, 5.41) is 0. The van der Waals surface area contributed by atoms with Crippen LogP contribution in [0.4, 0.5) is 10.5 Å². The lowest BCUT2D eigenvalue weighted by atomic mass is 9.93. The lowest BCUT2D eigenvalue weighted by Gasteiger charge is -2.47. The van der Waals surface area contributed by atoms with Gasteiger partial charge in [-0.1, -0.05) is 24.3 Å². The number of benzene rings is 2. The van der Waals surface area contributed by atoms with Crippen LogP contribution in [-0.2, 0) is 4.74 Å². The molecular weight excluding hydrogens is 332 g/mol. The summed E-state index contributed by atoms with van der Waals surface area (Å²) in [6.07, 6.45) is -0.257. The second kappa shape index (κ2) is 6.78. The van der Waals surface area contributed by atoms with E-state index in [-0.39, 0.29) is 6.09 Å². The summed E-state index contributed by atoms with van der Waals surface area (Å²) in [6, 6.07) is 17.5. The molecule has 2 saturated heterocycles. The highest BCUT2D eigenvalue weighted by atomic mass is 16.6. The molecule has 0 radical (unpaired) electrons. The van der Waals surface area contributed by atoms with Crippen LogP contribution in [0.25, 0.3) is 0 Å². The Morgan fingerprint density at radius 3 is 2.58 bits per heavy atom. The van der Waals surface area contributed by atoms with Gasteiger partial charge >= 0.3 is 6.09 Å². The predicted octanol–water partition coefficient (Wildman–Crippen LogP) is 2.79. The largest absolute Gasteiger partial charge is 0.497 e. The normalized spacial score (nSPS) is 17.8. The minimum Gasteiger partial charge on any atom is -0.497 e. The molecule has 0 aliphatic carbocycles. The van der Waals surface area contributed by atoms with Crippen LogP contribution >= 0.6 is 0 Å². The summed E-state index contributed by atoms with van der Waals surface area (Å²) in [5.74, 6) is 1.63. The van der Waals surface area contributed by atoms with Gasteiger partial charge in [0.05, 0.1) is 33.3 Å². The number of methoxy groups -OCH3 is 1. The molecule has 1 spiro atoms. The van der Waals surface area contributed by atoms with Gasteiger partial charge in [0.15, 0.2) is 5.60 Å². The minimum absolute atomic E-state index is 0.257. The van der Waals surface area contributed by atoms with E-state index in [0.717, 1.165) is 17.2 Å². The fourth-order valence-electron chi connectivity index (χ4n) is 3.46. The first-order valence-electron chi connectivity index (χ1n) is 8.72. The van der Waals surface area contributed by atoms with Crippen molar-refractivity contribution in [1.82, 2.24) is 4.90 Å². The molecule has 2 aromatic rings. The Kier molecular flexibility index (Phi) is 4.32. The molecule has 2 aromatic carbocycles. The molecule has 0 bridgehead atoms. The average molecular weight is 354 g/mol. The van der Waals surface area contributed by atoms with Crippen LogP contribution in [0.2, 0.25) is 0 Å². The first kappa shape index (κ1) is 16.6. The number of carbonyl (C=O) groups is 1. The van der Waals surface area contributed by atoms with Crippen molar-refractivity contribution in [2.24, 2.45) is 0 Å². The van der Waals surface area contributed by atoms with Gasteiger partial charge in [-0.05, 0) is 24.3 Å². The Hall–Kier alpha value is -2.89. The summed E-state index contributed by atoms with van der Waals surface area (Å²) in [7, 11) is 1.66. The molecule has 2 aliphatic heterocycles. The van der Waals surface area contributed by atoms with E-state index in [1.807, 2.05) is 54.6 Å². The van der Waals surface area contributed by atoms with Gasteiger partial charge in [-0.25, -0.2) is 4.79 Å². The van der Waals surface area contributed by atoms with Gasteiger partial charge in [0, 0.05) is 11.8 Å². The van der Waals surface area contributed by atoms with E-state index in [9.17, 15) is 4.79 Å². The van der Waals surface area contributed by atoms with Crippen molar-refractivity contribution in [2.45, 2.75) is 5.60 Å². The van der Waals surface area contributed by atoms with Crippen molar-refractivity contribution in [2.75, 3.05) is 44.8 Å². The average Bonchev–Trinajstić information content (AvgIpc) is 2.98. The third kappa shape index (κ3) is 3.27. The summed E-state index contributed by atoms with van der Waals surface area (Å²) in [4.78, 5) is 16.1. The molecule has 4 rings (SSSR count). The van der Waals surface area contributed by atoms with E-state index < -0.39 is 5.60 Å². The minimum atomic E-state index is -0.410. The number of hydrogen-bond donors (Lipinski definition) is 0. The summed E-state index contributed by atoms with van der Waals surface area (Å²) < 4.78 is 16.6. The van der Waals surface area contributed by atoms with E-state index in [2.05, 4.69) is 4.90 Å². The fourth-order valence-corrected chi connectivity index (χ4v) is 3.46. The maximum atomic E-state index is 12.2. The lowest BCUT2D eigenvalue weighted by Crippen LogP contribution is -2.64. The molecule has 0 aromatic heterocycles. The third-order valence-electron chi connectivity index (χ3n) is 4.79. The maximum Gasteiger partial charge on any atom is 0.410 e. The standard InChI is InChI=1S/C20H22N2O4/c1-24-18-9-5-6-16(12-18)22-14-20(15-22)13-21(19(23)26-20)10-11-25-17-7-3-2-4-8-17/h2-9,12H,10-11,13-15H2,1H3. The second-order valence-electron chi connectivity index (χ2n) is 6.69. The molecule has 26 heavy (non-hydrogen) atoms. The number of carbonyl (C=O) groups excluding carboxylic acids is 1.